The third kappa shape index (κ3) is 3.59. The first-order chi connectivity index (χ1) is 8.58. The summed E-state index contributed by atoms with van der Waals surface area (Å²) in [6, 6.07) is 9.19. The predicted octanol–water partition coefficient (Wildman–Crippen LogP) is -1.07. The normalized spacial score (nSPS) is 9.74. The van der Waals surface area contributed by atoms with Crippen LogP contribution in [-0.2, 0) is 6.54 Å². The molecule has 1 aromatic carbocycles. The lowest BCUT2D eigenvalue weighted by Gasteiger charge is -2.01. The molecule has 19 heavy (non-hydrogen) atoms. The second kappa shape index (κ2) is 6.41. The Bertz CT molecular complexity index is 602. The topological polar surface area (TPSA) is 61.4 Å². The standard InChI is InChI=1S/C13H10ClNO3.ClH/c14-13-3-1-2-6-15(13)8-12(18)9-4-5-10(16)11(17)7-9;/h1-7H,8H2,(H-,16,17,18);1H. The summed E-state index contributed by atoms with van der Waals surface area (Å²) in [6.45, 7) is 0.0733. The fourth-order valence-corrected chi connectivity index (χ4v) is 1.72. The number of nitrogens with zero attached hydrogens (tertiary/aromatic N) is 1. The lowest BCUT2D eigenvalue weighted by Crippen LogP contribution is -3.00. The van der Waals surface area contributed by atoms with Gasteiger partial charge < -0.3 is 22.6 Å². The van der Waals surface area contributed by atoms with Crippen LogP contribution in [0.4, 0.5) is 0 Å². The maximum absolute atomic E-state index is 12.0. The summed E-state index contributed by atoms with van der Waals surface area (Å²) in [5, 5.41) is 19.0. The molecule has 1 heterocycles. The minimum atomic E-state index is -0.315. The molecule has 0 spiro atoms. The van der Waals surface area contributed by atoms with Crippen LogP contribution >= 0.6 is 11.6 Å². The second-order valence-electron chi connectivity index (χ2n) is 3.78. The molecule has 2 aromatic rings. The highest BCUT2D eigenvalue weighted by atomic mass is 35.5. The molecule has 100 valence electrons. The first-order valence-electron chi connectivity index (χ1n) is 5.27. The van der Waals surface area contributed by atoms with E-state index >= 15 is 0 Å². The van der Waals surface area contributed by atoms with Crippen LogP contribution in [0.25, 0.3) is 0 Å². The molecule has 4 nitrogen and oxygen atoms in total. The third-order valence-corrected chi connectivity index (χ3v) is 2.84. The highest BCUT2D eigenvalue weighted by Gasteiger charge is 2.16. The van der Waals surface area contributed by atoms with Crippen molar-refractivity contribution in [2.45, 2.75) is 6.54 Å². The van der Waals surface area contributed by atoms with Gasteiger partial charge in [-0.25, -0.2) is 0 Å². The van der Waals surface area contributed by atoms with E-state index in [0.717, 1.165) is 0 Å². The number of hydrogen-bond acceptors (Lipinski definition) is 3. The van der Waals surface area contributed by atoms with Crippen LogP contribution in [0.2, 0.25) is 5.15 Å². The fraction of sp³-hybridized carbons (Fsp3) is 0.0769. The largest absolute Gasteiger partial charge is 1.00 e. The van der Waals surface area contributed by atoms with Gasteiger partial charge in [-0.15, -0.1) is 0 Å². The SMILES string of the molecule is O=C(C[n+]1ccccc1Cl)c1ccc(O)c(O)c1.[Cl-]. The molecule has 0 aliphatic carbocycles. The zero-order chi connectivity index (χ0) is 13.1. The van der Waals surface area contributed by atoms with E-state index in [9.17, 15) is 15.0 Å². The molecule has 1 aromatic heterocycles. The average molecular weight is 300 g/mol. The lowest BCUT2D eigenvalue weighted by atomic mass is 10.1. The van der Waals surface area contributed by atoms with E-state index in [1.54, 1.807) is 29.0 Å². The van der Waals surface area contributed by atoms with Crippen molar-refractivity contribution < 1.29 is 32.0 Å². The Balaban J connectivity index is 0.00000180. The van der Waals surface area contributed by atoms with Crippen LogP contribution in [0.5, 0.6) is 11.5 Å². The van der Waals surface area contributed by atoms with Crippen molar-refractivity contribution in [2.75, 3.05) is 0 Å². The lowest BCUT2D eigenvalue weighted by molar-refractivity contribution is -0.681. The number of pyridine rings is 1. The summed E-state index contributed by atoms with van der Waals surface area (Å²) in [5.74, 6) is -0.773. The van der Waals surface area contributed by atoms with Gasteiger partial charge in [-0.3, -0.25) is 4.79 Å². The van der Waals surface area contributed by atoms with Crippen LogP contribution < -0.4 is 17.0 Å². The molecule has 0 amide bonds. The van der Waals surface area contributed by atoms with E-state index in [2.05, 4.69) is 0 Å². The van der Waals surface area contributed by atoms with Gasteiger partial charge in [0.15, 0.2) is 17.7 Å². The van der Waals surface area contributed by atoms with E-state index in [-0.39, 0.29) is 36.2 Å². The van der Waals surface area contributed by atoms with Crippen LogP contribution in [0.3, 0.4) is 0 Å². The van der Waals surface area contributed by atoms with E-state index in [1.165, 1.54) is 18.2 Å². The smallest absolute Gasteiger partial charge is 0.275 e. The summed E-state index contributed by atoms with van der Waals surface area (Å²) in [6.07, 6.45) is 1.69. The predicted molar refractivity (Wildman–Crippen MR) is 65.7 cm³/mol. The number of ketones is 1. The molecule has 2 N–H and O–H groups in total. The van der Waals surface area contributed by atoms with Crippen LogP contribution in [0.15, 0.2) is 42.6 Å². The number of phenols is 2. The van der Waals surface area contributed by atoms with Crippen LogP contribution in [0, 0.1) is 0 Å². The number of aromatic nitrogens is 1. The van der Waals surface area contributed by atoms with E-state index < -0.39 is 0 Å². The number of Topliss-reactive ketones (excluding diaryl/α,β-unsaturated/α-hetero) is 1. The number of benzene rings is 1. The molecular formula is C13H11Cl2NO3. The first kappa shape index (κ1) is 15.3. The summed E-state index contributed by atoms with van der Waals surface area (Å²) >= 11 is 5.93. The van der Waals surface area contributed by atoms with Gasteiger partial charge in [0.2, 0.25) is 12.3 Å². The number of rotatable bonds is 3. The second-order valence-corrected chi connectivity index (χ2v) is 4.17. The number of carbonyl (C=O) groups excluding carboxylic acids is 1. The molecular weight excluding hydrogens is 289 g/mol. The number of phenolic OH excluding ortho intramolecular Hbond substituents is 2. The zero-order valence-electron chi connectivity index (χ0n) is 9.75. The van der Waals surface area contributed by atoms with Gasteiger partial charge in [0.05, 0.1) is 0 Å². The summed E-state index contributed by atoms with van der Waals surface area (Å²) in [4.78, 5) is 12.0. The zero-order valence-corrected chi connectivity index (χ0v) is 11.3. The van der Waals surface area contributed by atoms with Gasteiger partial charge in [0.1, 0.15) is 0 Å². The summed E-state index contributed by atoms with van der Waals surface area (Å²) < 4.78 is 1.59. The van der Waals surface area contributed by atoms with Gasteiger partial charge in [0, 0.05) is 17.7 Å². The summed E-state index contributed by atoms with van der Waals surface area (Å²) in [7, 11) is 0. The van der Waals surface area contributed by atoms with Gasteiger partial charge in [0.25, 0.3) is 5.15 Å². The molecule has 0 atom stereocenters. The molecule has 6 heteroatoms. The Labute approximate surface area is 121 Å². The number of hydrogen-bond donors (Lipinski definition) is 2. The Hall–Kier alpha value is -1.78. The molecule has 0 unspecified atom stereocenters. The van der Waals surface area contributed by atoms with Crippen molar-refractivity contribution in [1.82, 2.24) is 0 Å². The van der Waals surface area contributed by atoms with Crippen molar-refractivity contribution in [1.29, 1.82) is 0 Å². The van der Waals surface area contributed by atoms with Crippen molar-refractivity contribution in [2.24, 2.45) is 0 Å². The highest BCUT2D eigenvalue weighted by molar-refractivity contribution is 6.28. The molecule has 0 aliphatic rings. The molecule has 2 rings (SSSR count). The molecule has 0 saturated heterocycles. The van der Waals surface area contributed by atoms with Gasteiger partial charge in [-0.05, 0) is 35.9 Å². The van der Waals surface area contributed by atoms with E-state index in [0.29, 0.717) is 10.7 Å². The Morgan fingerprint density at radius 3 is 2.53 bits per heavy atom. The molecule has 0 radical (unpaired) electrons. The van der Waals surface area contributed by atoms with Gasteiger partial charge in [-0.1, -0.05) is 0 Å². The molecule has 0 aliphatic heterocycles. The molecule has 0 fully saturated rings. The maximum atomic E-state index is 12.0. The number of aromatic hydroxyl groups is 2. The van der Waals surface area contributed by atoms with Crippen LogP contribution in [0.1, 0.15) is 10.4 Å². The van der Waals surface area contributed by atoms with E-state index in [1.807, 2.05) is 0 Å². The molecule has 0 saturated carbocycles. The Kier molecular flexibility index (Phi) is 5.15. The van der Waals surface area contributed by atoms with Crippen molar-refractivity contribution in [3.05, 3.63) is 53.3 Å². The highest BCUT2D eigenvalue weighted by Crippen LogP contribution is 2.25. The van der Waals surface area contributed by atoms with Crippen molar-refractivity contribution >= 4 is 17.4 Å². The average Bonchev–Trinajstić information content (AvgIpc) is 2.35. The quantitative estimate of drug-likeness (QED) is 0.328. The van der Waals surface area contributed by atoms with E-state index in [4.69, 9.17) is 11.6 Å². The number of carbonyl (C=O) groups is 1. The van der Waals surface area contributed by atoms with Crippen molar-refractivity contribution in [3.8, 4) is 11.5 Å². The summed E-state index contributed by atoms with van der Waals surface area (Å²) in [5.41, 5.74) is 0.317. The minimum absolute atomic E-state index is 0. The maximum Gasteiger partial charge on any atom is 0.275 e. The fourth-order valence-electron chi connectivity index (χ4n) is 1.53. The monoisotopic (exact) mass is 299 g/mol. The van der Waals surface area contributed by atoms with Gasteiger partial charge >= 0.3 is 0 Å². The third-order valence-electron chi connectivity index (χ3n) is 2.50. The Morgan fingerprint density at radius 1 is 1.16 bits per heavy atom. The Morgan fingerprint density at radius 2 is 1.89 bits per heavy atom. The van der Waals surface area contributed by atoms with Gasteiger partial charge in [-0.2, -0.15) is 4.57 Å². The van der Waals surface area contributed by atoms with Crippen LogP contribution in [-0.4, -0.2) is 16.0 Å². The first-order valence-corrected chi connectivity index (χ1v) is 5.65. The molecule has 0 bridgehead atoms. The number of halogens is 2. The minimum Gasteiger partial charge on any atom is -1.00 e. The van der Waals surface area contributed by atoms with Crippen molar-refractivity contribution in [3.63, 3.8) is 0 Å².